The Balaban J connectivity index is 2.97. The van der Waals surface area contributed by atoms with Gasteiger partial charge >= 0.3 is 12.4 Å². The van der Waals surface area contributed by atoms with Gasteiger partial charge in [-0.25, -0.2) is 0 Å². The van der Waals surface area contributed by atoms with E-state index in [1.54, 1.807) is 0 Å². The number of alkyl halides is 6. The molecule has 2 nitrogen and oxygen atoms in total. The molecule has 1 aliphatic rings. The van der Waals surface area contributed by atoms with Crippen molar-refractivity contribution in [2.75, 3.05) is 19.8 Å². The molecule has 1 aliphatic heterocycles. The van der Waals surface area contributed by atoms with Crippen LogP contribution in [-0.4, -0.2) is 38.2 Å². The summed E-state index contributed by atoms with van der Waals surface area (Å²) in [7, 11) is 0. The lowest BCUT2D eigenvalue weighted by atomic mass is 9.84. The van der Waals surface area contributed by atoms with Crippen molar-refractivity contribution in [3.05, 3.63) is 0 Å². The van der Waals surface area contributed by atoms with Crippen LogP contribution in [0.3, 0.4) is 0 Å². The van der Waals surface area contributed by atoms with E-state index in [1.165, 1.54) is 6.92 Å². The van der Waals surface area contributed by atoms with Crippen LogP contribution in [0.15, 0.2) is 0 Å². The van der Waals surface area contributed by atoms with E-state index in [2.05, 4.69) is 5.32 Å². The zero-order chi connectivity index (χ0) is 14.7. The summed E-state index contributed by atoms with van der Waals surface area (Å²) in [4.78, 5) is 0. The Morgan fingerprint density at radius 3 is 2.11 bits per heavy atom. The molecule has 19 heavy (non-hydrogen) atoms. The molecule has 2 unspecified atom stereocenters. The van der Waals surface area contributed by atoms with Crippen molar-refractivity contribution in [1.29, 1.82) is 0 Å². The summed E-state index contributed by atoms with van der Waals surface area (Å²) in [5.41, 5.74) is 0. The fraction of sp³-hybridized carbons (Fsp3) is 1.00. The smallest absolute Gasteiger partial charge is 0.381 e. The Bertz CT molecular complexity index is 257. The highest BCUT2D eigenvalue weighted by Crippen LogP contribution is 2.44. The Labute approximate surface area is 107 Å². The highest BCUT2D eigenvalue weighted by Gasteiger charge is 2.61. The summed E-state index contributed by atoms with van der Waals surface area (Å²) in [5, 5.41) is 2.35. The fourth-order valence-corrected chi connectivity index (χ4v) is 2.43. The lowest BCUT2D eigenvalue weighted by molar-refractivity contribution is -0.296. The van der Waals surface area contributed by atoms with Gasteiger partial charge in [-0.05, 0) is 25.3 Å². The van der Waals surface area contributed by atoms with Crippen molar-refractivity contribution in [3.8, 4) is 0 Å². The van der Waals surface area contributed by atoms with Crippen molar-refractivity contribution in [2.45, 2.75) is 38.2 Å². The summed E-state index contributed by atoms with van der Waals surface area (Å²) >= 11 is 0. The zero-order valence-electron chi connectivity index (χ0n) is 10.4. The minimum absolute atomic E-state index is 0.0455. The molecule has 1 fully saturated rings. The molecule has 0 aromatic heterocycles. The second kappa shape index (κ2) is 6.30. The molecule has 0 spiro atoms. The Kier molecular flexibility index (Phi) is 5.49. The maximum Gasteiger partial charge on any atom is 0.402 e. The number of hydrogen-bond acceptors (Lipinski definition) is 2. The van der Waals surface area contributed by atoms with Crippen LogP contribution >= 0.6 is 0 Å². The van der Waals surface area contributed by atoms with Gasteiger partial charge < -0.3 is 10.1 Å². The number of ether oxygens (including phenoxy) is 1. The van der Waals surface area contributed by atoms with Crippen LogP contribution in [0.1, 0.15) is 19.8 Å². The first-order chi connectivity index (χ1) is 8.68. The molecule has 1 N–H and O–H groups in total. The Morgan fingerprint density at radius 1 is 1.16 bits per heavy atom. The number of halogens is 6. The van der Waals surface area contributed by atoms with E-state index in [0.29, 0.717) is 19.4 Å². The second-order valence-electron chi connectivity index (χ2n) is 4.62. The number of hydrogen-bond donors (Lipinski definition) is 1. The lowest BCUT2D eigenvalue weighted by Crippen LogP contribution is -2.55. The van der Waals surface area contributed by atoms with Gasteiger partial charge in [-0.15, -0.1) is 0 Å². The summed E-state index contributed by atoms with van der Waals surface area (Å²) < 4.78 is 81.5. The average Bonchev–Trinajstić information content (AvgIpc) is 2.26. The van der Waals surface area contributed by atoms with Crippen LogP contribution in [-0.2, 0) is 4.74 Å². The quantitative estimate of drug-likeness (QED) is 0.804. The maximum atomic E-state index is 12.7. The van der Waals surface area contributed by atoms with Crippen LogP contribution < -0.4 is 5.32 Å². The molecule has 0 aliphatic carbocycles. The minimum Gasteiger partial charge on any atom is -0.381 e. The molecule has 0 radical (unpaired) electrons. The molecule has 2 atom stereocenters. The summed E-state index contributed by atoms with van der Waals surface area (Å²) in [5.74, 6) is -4.13. The molecule has 0 saturated carbocycles. The zero-order valence-corrected chi connectivity index (χ0v) is 10.4. The Hall–Kier alpha value is -0.500. The summed E-state index contributed by atoms with van der Waals surface area (Å²) in [6, 6.07) is -1.69. The number of nitrogens with one attached hydrogen (secondary N) is 1. The molecule has 0 aromatic carbocycles. The van der Waals surface area contributed by atoms with Crippen molar-refractivity contribution in [3.63, 3.8) is 0 Å². The Morgan fingerprint density at radius 2 is 1.74 bits per heavy atom. The van der Waals surface area contributed by atoms with Crippen LogP contribution in [0.4, 0.5) is 26.3 Å². The molecule has 1 heterocycles. The second-order valence-corrected chi connectivity index (χ2v) is 4.62. The third-order valence-electron chi connectivity index (χ3n) is 3.21. The first-order valence-electron chi connectivity index (χ1n) is 6.12. The van der Waals surface area contributed by atoms with Crippen molar-refractivity contribution >= 4 is 0 Å². The topological polar surface area (TPSA) is 21.3 Å². The van der Waals surface area contributed by atoms with Crippen LogP contribution in [0.25, 0.3) is 0 Å². The number of rotatable bonds is 4. The van der Waals surface area contributed by atoms with Gasteiger partial charge in [0, 0.05) is 12.6 Å². The standard InChI is InChI=1S/C11H17F6NO/c1-2-18-8(7-4-3-5-19-6-7)9(10(12,13)14)11(15,16)17/h7-9,18H,2-6H2,1H3. The van der Waals surface area contributed by atoms with Gasteiger partial charge in [0.2, 0.25) is 0 Å². The lowest BCUT2D eigenvalue weighted by Gasteiger charge is -2.37. The van der Waals surface area contributed by atoms with Gasteiger partial charge in [0.15, 0.2) is 5.92 Å². The SMILES string of the molecule is CCNC(C1CCCOC1)C(C(F)(F)F)C(F)(F)F. The van der Waals surface area contributed by atoms with Gasteiger partial charge in [-0.3, -0.25) is 0 Å². The first-order valence-corrected chi connectivity index (χ1v) is 6.12. The van der Waals surface area contributed by atoms with Crippen molar-refractivity contribution in [1.82, 2.24) is 5.32 Å². The van der Waals surface area contributed by atoms with E-state index in [-0.39, 0.29) is 13.2 Å². The van der Waals surface area contributed by atoms with Gasteiger partial charge in [0.05, 0.1) is 6.61 Å². The molecule has 0 aromatic rings. The first kappa shape index (κ1) is 16.6. The van der Waals surface area contributed by atoms with Gasteiger partial charge in [-0.2, -0.15) is 26.3 Å². The fourth-order valence-electron chi connectivity index (χ4n) is 2.43. The molecule has 114 valence electrons. The molecular weight excluding hydrogens is 276 g/mol. The van der Waals surface area contributed by atoms with Crippen molar-refractivity contribution in [2.24, 2.45) is 11.8 Å². The van der Waals surface area contributed by atoms with Gasteiger partial charge in [0.1, 0.15) is 0 Å². The molecule has 0 bridgehead atoms. The highest BCUT2D eigenvalue weighted by atomic mass is 19.4. The van der Waals surface area contributed by atoms with Gasteiger partial charge in [-0.1, -0.05) is 6.92 Å². The molecular formula is C11H17F6NO. The summed E-state index contributed by atoms with van der Waals surface area (Å²) in [6.07, 6.45) is -9.85. The van der Waals surface area contributed by atoms with Crippen molar-refractivity contribution < 1.29 is 31.1 Å². The molecule has 1 rings (SSSR count). The molecule has 8 heteroatoms. The third-order valence-corrected chi connectivity index (χ3v) is 3.21. The largest absolute Gasteiger partial charge is 0.402 e. The van der Waals surface area contributed by atoms with Crippen LogP contribution in [0, 0.1) is 11.8 Å². The van der Waals surface area contributed by atoms with E-state index in [1.807, 2.05) is 0 Å². The predicted molar refractivity (Wildman–Crippen MR) is 56.6 cm³/mol. The van der Waals surface area contributed by atoms with E-state index in [9.17, 15) is 26.3 Å². The molecule has 0 amide bonds. The van der Waals surface area contributed by atoms with Gasteiger partial charge in [0.25, 0.3) is 0 Å². The highest BCUT2D eigenvalue weighted by molar-refractivity contribution is 4.92. The normalized spacial score (nSPS) is 23.7. The predicted octanol–water partition coefficient (Wildman–Crippen LogP) is 3.13. The van der Waals surface area contributed by atoms with Crippen LogP contribution in [0.2, 0.25) is 0 Å². The van der Waals surface area contributed by atoms with E-state index >= 15 is 0 Å². The van der Waals surface area contributed by atoms with E-state index < -0.39 is 30.2 Å². The van der Waals surface area contributed by atoms with E-state index in [0.717, 1.165) is 0 Å². The maximum absolute atomic E-state index is 12.7. The van der Waals surface area contributed by atoms with Crippen LogP contribution in [0.5, 0.6) is 0 Å². The van der Waals surface area contributed by atoms with E-state index in [4.69, 9.17) is 4.74 Å². The minimum atomic E-state index is -5.32. The monoisotopic (exact) mass is 293 g/mol. The molecule has 1 saturated heterocycles. The third kappa shape index (κ3) is 4.52. The average molecular weight is 293 g/mol. The summed E-state index contributed by atoms with van der Waals surface area (Å²) in [6.45, 7) is 1.85.